The number of guanidine groups is 1. The quantitative estimate of drug-likeness (QED) is 0.494. The summed E-state index contributed by atoms with van der Waals surface area (Å²) in [6.07, 6.45) is 6.00. The summed E-state index contributed by atoms with van der Waals surface area (Å²) < 4.78 is 0. The lowest BCUT2D eigenvalue weighted by Gasteiger charge is -2.29. The van der Waals surface area contributed by atoms with Gasteiger partial charge in [0.15, 0.2) is 5.96 Å². The molecule has 0 aliphatic heterocycles. The molecule has 0 aromatic carbocycles. The van der Waals surface area contributed by atoms with Gasteiger partial charge in [0.2, 0.25) is 11.8 Å². The Hall–Kier alpha value is -1.79. The van der Waals surface area contributed by atoms with E-state index in [1.165, 1.54) is 0 Å². The Morgan fingerprint density at radius 2 is 1.52 bits per heavy atom. The van der Waals surface area contributed by atoms with E-state index in [0.717, 1.165) is 44.5 Å². The molecule has 2 rings (SSSR count). The fourth-order valence-corrected chi connectivity index (χ4v) is 2.74. The van der Waals surface area contributed by atoms with Crippen molar-refractivity contribution in [2.24, 2.45) is 10.9 Å². The molecule has 0 aromatic rings. The van der Waals surface area contributed by atoms with E-state index in [2.05, 4.69) is 20.9 Å². The van der Waals surface area contributed by atoms with E-state index in [1.807, 2.05) is 0 Å². The molecule has 0 spiro atoms. The van der Waals surface area contributed by atoms with E-state index < -0.39 is 0 Å². The zero-order valence-corrected chi connectivity index (χ0v) is 14.4. The highest BCUT2D eigenvalue weighted by atomic mass is 16.2. The van der Waals surface area contributed by atoms with Gasteiger partial charge in [-0.2, -0.15) is 0 Å². The van der Waals surface area contributed by atoms with Crippen LogP contribution in [0, 0.1) is 5.92 Å². The van der Waals surface area contributed by atoms with Crippen molar-refractivity contribution < 1.29 is 9.59 Å². The Morgan fingerprint density at radius 3 is 1.96 bits per heavy atom. The van der Waals surface area contributed by atoms with Crippen molar-refractivity contribution in [3.05, 3.63) is 0 Å². The fraction of sp³-hybridized carbons (Fsp3) is 0.812. The summed E-state index contributed by atoms with van der Waals surface area (Å²) >= 11 is 0. The maximum absolute atomic E-state index is 11.7. The molecular weight excluding hydrogens is 294 g/mol. The van der Waals surface area contributed by atoms with Crippen LogP contribution in [0.3, 0.4) is 0 Å². The number of likely N-dealkylation sites (N-methyl/N-ethyl adjacent to an activating group) is 1. The number of hydrogen-bond acceptors (Lipinski definition) is 3. The Balaban J connectivity index is 1.84. The van der Waals surface area contributed by atoms with Crippen molar-refractivity contribution in [1.82, 2.24) is 20.9 Å². The highest BCUT2D eigenvalue weighted by molar-refractivity contribution is 5.85. The lowest BCUT2D eigenvalue weighted by Crippen LogP contribution is -2.47. The van der Waals surface area contributed by atoms with Gasteiger partial charge in [0.25, 0.3) is 0 Å². The number of carbonyl (C=O) groups is 2. The predicted octanol–water partition coefficient (Wildman–Crippen LogP) is 0.0770. The molecule has 0 saturated heterocycles. The molecule has 2 saturated carbocycles. The summed E-state index contributed by atoms with van der Waals surface area (Å²) in [7, 11) is 5.16. The van der Waals surface area contributed by atoms with Crippen LogP contribution in [0.1, 0.15) is 38.5 Å². The molecule has 2 aliphatic carbocycles. The zero-order valence-electron chi connectivity index (χ0n) is 14.4. The molecule has 0 atom stereocenters. The van der Waals surface area contributed by atoms with Crippen molar-refractivity contribution in [1.29, 1.82) is 0 Å². The molecule has 7 nitrogen and oxygen atoms in total. The second-order valence-electron chi connectivity index (χ2n) is 6.68. The Morgan fingerprint density at radius 1 is 1.00 bits per heavy atom. The number of aliphatic imine (C=N–C) groups is 1. The minimum atomic E-state index is -0.00905. The summed E-state index contributed by atoms with van der Waals surface area (Å²) in [5, 5.41) is 9.53. The molecule has 2 aliphatic rings. The Bertz CT molecular complexity index is 451. The van der Waals surface area contributed by atoms with Crippen LogP contribution >= 0.6 is 0 Å². The first-order chi connectivity index (χ1) is 11.0. The van der Waals surface area contributed by atoms with E-state index >= 15 is 0 Å². The summed E-state index contributed by atoms with van der Waals surface area (Å²) in [5.74, 6) is 0.992. The van der Waals surface area contributed by atoms with Gasteiger partial charge in [-0.25, -0.2) is 4.99 Å². The predicted molar refractivity (Wildman–Crippen MR) is 90.1 cm³/mol. The summed E-state index contributed by atoms with van der Waals surface area (Å²) in [6.45, 7) is 0.155. The van der Waals surface area contributed by atoms with Gasteiger partial charge in [-0.15, -0.1) is 0 Å². The van der Waals surface area contributed by atoms with Crippen LogP contribution in [-0.2, 0) is 9.59 Å². The number of hydrogen-bond donors (Lipinski definition) is 3. The van der Waals surface area contributed by atoms with Crippen LogP contribution in [0.2, 0.25) is 0 Å². The Labute approximate surface area is 138 Å². The highest BCUT2D eigenvalue weighted by Gasteiger charge is 2.28. The molecule has 0 bridgehead atoms. The van der Waals surface area contributed by atoms with Gasteiger partial charge in [0, 0.05) is 39.1 Å². The molecule has 0 unspecified atom stereocenters. The zero-order chi connectivity index (χ0) is 16.8. The largest absolute Gasteiger partial charge is 0.359 e. The molecule has 7 heteroatoms. The molecule has 2 fully saturated rings. The van der Waals surface area contributed by atoms with E-state index in [9.17, 15) is 9.59 Å². The van der Waals surface area contributed by atoms with Crippen molar-refractivity contribution >= 4 is 17.8 Å². The first kappa shape index (κ1) is 17.6. The molecule has 3 N–H and O–H groups in total. The lowest BCUT2D eigenvalue weighted by atomic mass is 9.85. The van der Waals surface area contributed by atoms with Gasteiger partial charge in [-0.1, -0.05) is 0 Å². The first-order valence-electron chi connectivity index (χ1n) is 8.49. The highest BCUT2D eigenvalue weighted by Crippen LogP contribution is 2.24. The van der Waals surface area contributed by atoms with Crippen LogP contribution in [-0.4, -0.2) is 62.4 Å². The van der Waals surface area contributed by atoms with Crippen molar-refractivity contribution in [2.45, 2.75) is 50.6 Å². The maximum atomic E-state index is 11.7. The SMILES string of the molecule is CNC(=O)C1CCC(NC(=NCC(=O)N(C)C)NC2CC2)CC1. The van der Waals surface area contributed by atoms with Crippen LogP contribution in [0.15, 0.2) is 4.99 Å². The van der Waals surface area contributed by atoms with Gasteiger partial charge >= 0.3 is 0 Å². The van der Waals surface area contributed by atoms with Gasteiger partial charge in [-0.3, -0.25) is 9.59 Å². The topological polar surface area (TPSA) is 85.8 Å². The third-order valence-corrected chi connectivity index (χ3v) is 4.47. The normalized spacial score (nSPS) is 24.7. The molecule has 0 radical (unpaired) electrons. The average molecular weight is 323 g/mol. The van der Waals surface area contributed by atoms with Gasteiger partial charge in [0.1, 0.15) is 6.54 Å². The molecule has 130 valence electrons. The Kier molecular flexibility index (Phi) is 6.24. The first-order valence-corrected chi connectivity index (χ1v) is 8.49. The monoisotopic (exact) mass is 323 g/mol. The van der Waals surface area contributed by atoms with E-state index in [-0.39, 0.29) is 24.3 Å². The third-order valence-electron chi connectivity index (χ3n) is 4.47. The third kappa shape index (κ3) is 5.73. The average Bonchev–Trinajstić information content (AvgIpc) is 3.36. The summed E-state index contributed by atoms with van der Waals surface area (Å²) in [6, 6.07) is 0.799. The van der Waals surface area contributed by atoms with E-state index in [0.29, 0.717) is 12.1 Å². The molecule has 0 heterocycles. The van der Waals surface area contributed by atoms with Gasteiger partial charge in [-0.05, 0) is 38.5 Å². The van der Waals surface area contributed by atoms with Crippen LogP contribution in [0.4, 0.5) is 0 Å². The minimum absolute atomic E-state index is 0.00905. The van der Waals surface area contributed by atoms with Crippen LogP contribution in [0.5, 0.6) is 0 Å². The van der Waals surface area contributed by atoms with Gasteiger partial charge < -0.3 is 20.9 Å². The lowest BCUT2D eigenvalue weighted by molar-refractivity contribution is -0.127. The smallest absolute Gasteiger partial charge is 0.243 e. The molecule has 23 heavy (non-hydrogen) atoms. The molecular formula is C16H29N5O2. The van der Waals surface area contributed by atoms with E-state index in [4.69, 9.17) is 0 Å². The number of nitrogens with one attached hydrogen (secondary N) is 3. The van der Waals surface area contributed by atoms with Gasteiger partial charge in [0.05, 0.1) is 0 Å². The summed E-state index contributed by atoms with van der Waals surface area (Å²) in [5.41, 5.74) is 0. The second kappa shape index (κ2) is 8.17. The van der Waals surface area contributed by atoms with Crippen LogP contribution < -0.4 is 16.0 Å². The van der Waals surface area contributed by atoms with Crippen molar-refractivity contribution in [2.75, 3.05) is 27.7 Å². The summed E-state index contributed by atoms with van der Waals surface area (Å²) in [4.78, 5) is 29.4. The number of nitrogens with zero attached hydrogens (tertiary/aromatic N) is 2. The van der Waals surface area contributed by atoms with Crippen LogP contribution in [0.25, 0.3) is 0 Å². The molecule has 2 amide bonds. The number of carbonyl (C=O) groups excluding carboxylic acids is 2. The maximum Gasteiger partial charge on any atom is 0.243 e. The standard InChI is InChI=1S/C16H29N5O2/c1-17-15(23)11-4-6-12(7-5-11)19-16(20-13-8-9-13)18-10-14(22)21(2)3/h11-13H,4-10H2,1-3H3,(H,17,23)(H2,18,19,20). The van der Waals surface area contributed by atoms with Crippen molar-refractivity contribution in [3.8, 4) is 0 Å². The number of rotatable bonds is 5. The fourth-order valence-electron chi connectivity index (χ4n) is 2.74. The second-order valence-corrected chi connectivity index (χ2v) is 6.68. The van der Waals surface area contributed by atoms with Crippen molar-refractivity contribution in [3.63, 3.8) is 0 Å². The molecule has 0 aromatic heterocycles. The number of amides is 2. The minimum Gasteiger partial charge on any atom is -0.359 e. The van der Waals surface area contributed by atoms with E-state index in [1.54, 1.807) is 26.0 Å².